The summed E-state index contributed by atoms with van der Waals surface area (Å²) in [6.45, 7) is 3.21. The highest BCUT2D eigenvalue weighted by atomic mass is 32.1. The van der Waals surface area contributed by atoms with Crippen molar-refractivity contribution in [2.45, 2.75) is 0 Å². The summed E-state index contributed by atoms with van der Waals surface area (Å²) in [4.78, 5) is 4.23. The van der Waals surface area contributed by atoms with Gasteiger partial charge in [-0.05, 0) is 26.3 Å². The maximum atomic E-state index is 5.43. The highest BCUT2D eigenvalue weighted by Crippen LogP contribution is 2.14. The first-order chi connectivity index (χ1) is 5.09. The summed E-state index contributed by atoms with van der Waals surface area (Å²) in [7, 11) is 4.17. The number of rotatable bonds is 2. The van der Waals surface area contributed by atoms with Gasteiger partial charge in [0.05, 0.1) is 0 Å². The van der Waals surface area contributed by atoms with E-state index in [9.17, 15) is 0 Å². The van der Waals surface area contributed by atoms with Crippen LogP contribution in [-0.4, -0.2) is 48.6 Å². The predicted molar refractivity (Wildman–Crippen MR) is 50.4 cm³/mol. The fourth-order valence-corrected chi connectivity index (χ4v) is 1.53. The fourth-order valence-electron chi connectivity index (χ4n) is 1.38. The fraction of sp³-hybridized carbons (Fsp3) is 0.857. The molecule has 0 aromatic rings. The van der Waals surface area contributed by atoms with Crippen molar-refractivity contribution in [2.24, 2.45) is 11.7 Å². The van der Waals surface area contributed by atoms with E-state index in [1.807, 2.05) is 4.90 Å². The summed E-state index contributed by atoms with van der Waals surface area (Å²) in [5.41, 5.74) is 5.43. The van der Waals surface area contributed by atoms with Crippen LogP contribution in [-0.2, 0) is 0 Å². The Morgan fingerprint density at radius 3 is 2.55 bits per heavy atom. The molecule has 0 radical (unpaired) electrons. The molecule has 0 bridgehead atoms. The van der Waals surface area contributed by atoms with Crippen molar-refractivity contribution < 1.29 is 0 Å². The Bertz CT molecular complexity index is 152. The van der Waals surface area contributed by atoms with Crippen LogP contribution in [0, 0.1) is 5.92 Å². The Morgan fingerprint density at radius 2 is 2.18 bits per heavy atom. The number of nitrogens with zero attached hydrogens (tertiary/aromatic N) is 2. The molecule has 1 rings (SSSR count). The van der Waals surface area contributed by atoms with E-state index in [1.165, 1.54) is 0 Å². The first kappa shape index (κ1) is 8.74. The summed E-state index contributed by atoms with van der Waals surface area (Å²) in [6.07, 6.45) is 0. The van der Waals surface area contributed by atoms with Crippen molar-refractivity contribution in [1.29, 1.82) is 0 Å². The molecule has 1 heterocycles. The van der Waals surface area contributed by atoms with Gasteiger partial charge in [-0.25, -0.2) is 0 Å². The van der Waals surface area contributed by atoms with E-state index in [1.54, 1.807) is 0 Å². The molecule has 0 unspecified atom stereocenters. The van der Waals surface area contributed by atoms with Gasteiger partial charge in [0.2, 0.25) is 0 Å². The monoisotopic (exact) mass is 173 g/mol. The minimum absolute atomic E-state index is 0.542. The van der Waals surface area contributed by atoms with Crippen molar-refractivity contribution in [1.82, 2.24) is 9.80 Å². The summed E-state index contributed by atoms with van der Waals surface area (Å²) in [5, 5.41) is 0.542. The third kappa shape index (κ3) is 2.31. The molecule has 0 spiro atoms. The van der Waals surface area contributed by atoms with Crippen molar-refractivity contribution in [2.75, 3.05) is 33.7 Å². The van der Waals surface area contributed by atoms with Crippen LogP contribution in [0.1, 0.15) is 0 Å². The van der Waals surface area contributed by atoms with Crippen LogP contribution in [0.2, 0.25) is 0 Å². The van der Waals surface area contributed by atoms with Crippen LogP contribution in [0.3, 0.4) is 0 Å². The summed E-state index contributed by atoms with van der Waals surface area (Å²) in [6, 6.07) is 0. The largest absolute Gasteiger partial charge is 0.376 e. The van der Waals surface area contributed by atoms with Gasteiger partial charge in [0.15, 0.2) is 5.11 Å². The smallest absolute Gasteiger partial charge is 0.166 e. The average Bonchev–Trinajstić information content (AvgIpc) is 1.75. The van der Waals surface area contributed by atoms with Crippen molar-refractivity contribution >= 4 is 17.3 Å². The molecular formula is C7H15N3S. The van der Waals surface area contributed by atoms with E-state index in [4.69, 9.17) is 18.0 Å². The second-order valence-corrected chi connectivity index (χ2v) is 3.79. The topological polar surface area (TPSA) is 32.5 Å². The lowest BCUT2D eigenvalue weighted by Gasteiger charge is -2.40. The third-order valence-corrected chi connectivity index (χ3v) is 2.15. The predicted octanol–water partition coefficient (Wildman–Crippen LogP) is -0.277. The Morgan fingerprint density at radius 1 is 1.64 bits per heavy atom. The van der Waals surface area contributed by atoms with Crippen molar-refractivity contribution in [3.05, 3.63) is 0 Å². The number of hydrogen-bond donors (Lipinski definition) is 1. The van der Waals surface area contributed by atoms with Crippen LogP contribution in [0.15, 0.2) is 0 Å². The molecule has 4 heteroatoms. The summed E-state index contributed by atoms with van der Waals surface area (Å²) < 4.78 is 0. The maximum Gasteiger partial charge on any atom is 0.166 e. The second-order valence-electron chi connectivity index (χ2n) is 3.37. The average molecular weight is 173 g/mol. The van der Waals surface area contributed by atoms with Crippen LogP contribution >= 0.6 is 12.2 Å². The van der Waals surface area contributed by atoms with E-state index in [2.05, 4.69) is 19.0 Å². The zero-order chi connectivity index (χ0) is 8.43. The lowest BCUT2D eigenvalue weighted by Crippen LogP contribution is -2.54. The zero-order valence-corrected chi connectivity index (χ0v) is 7.90. The van der Waals surface area contributed by atoms with E-state index >= 15 is 0 Å². The molecule has 1 fully saturated rings. The normalized spacial score (nSPS) is 18.6. The highest BCUT2D eigenvalue weighted by Gasteiger charge is 2.27. The number of thiocarbonyl (C=S) groups is 1. The SMILES string of the molecule is CN(C)CC1CN(C(N)=S)C1. The van der Waals surface area contributed by atoms with Crippen LogP contribution in [0.4, 0.5) is 0 Å². The van der Waals surface area contributed by atoms with E-state index in [0.717, 1.165) is 25.6 Å². The molecule has 2 N–H and O–H groups in total. The summed E-state index contributed by atoms with van der Waals surface area (Å²) in [5.74, 6) is 0.756. The van der Waals surface area contributed by atoms with Gasteiger partial charge in [0.25, 0.3) is 0 Å². The number of likely N-dealkylation sites (tertiary alicyclic amines) is 1. The van der Waals surface area contributed by atoms with E-state index < -0.39 is 0 Å². The Balaban J connectivity index is 2.14. The highest BCUT2D eigenvalue weighted by molar-refractivity contribution is 7.80. The first-order valence-electron chi connectivity index (χ1n) is 3.78. The standard InChI is InChI=1S/C7H15N3S/c1-9(2)3-6-4-10(5-6)7(8)11/h6H,3-5H2,1-2H3,(H2,8,11). The number of nitrogens with two attached hydrogens (primary N) is 1. The first-order valence-corrected chi connectivity index (χ1v) is 4.19. The van der Waals surface area contributed by atoms with Gasteiger partial charge >= 0.3 is 0 Å². The van der Waals surface area contributed by atoms with Crippen molar-refractivity contribution in [3.63, 3.8) is 0 Å². The molecule has 0 aromatic carbocycles. The lowest BCUT2D eigenvalue weighted by molar-refractivity contribution is 0.151. The van der Waals surface area contributed by atoms with Crippen LogP contribution < -0.4 is 5.73 Å². The van der Waals surface area contributed by atoms with E-state index in [-0.39, 0.29) is 0 Å². The molecule has 64 valence electrons. The maximum absolute atomic E-state index is 5.43. The second kappa shape index (κ2) is 3.36. The molecule has 0 saturated carbocycles. The molecular weight excluding hydrogens is 158 g/mol. The van der Waals surface area contributed by atoms with E-state index in [0.29, 0.717) is 5.11 Å². The molecule has 0 amide bonds. The molecule has 1 aliphatic rings. The molecule has 1 saturated heterocycles. The molecule has 11 heavy (non-hydrogen) atoms. The minimum atomic E-state index is 0.542. The Labute approximate surface area is 73.1 Å². The van der Waals surface area contributed by atoms with Gasteiger partial charge in [-0.3, -0.25) is 0 Å². The van der Waals surface area contributed by atoms with Gasteiger partial charge in [-0.15, -0.1) is 0 Å². The molecule has 0 aliphatic carbocycles. The van der Waals surface area contributed by atoms with Crippen LogP contribution in [0.25, 0.3) is 0 Å². The molecule has 0 atom stereocenters. The number of hydrogen-bond acceptors (Lipinski definition) is 2. The van der Waals surface area contributed by atoms with Gasteiger partial charge < -0.3 is 15.5 Å². The zero-order valence-electron chi connectivity index (χ0n) is 7.08. The lowest BCUT2D eigenvalue weighted by atomic mass is 10.0. The Hall–Kier alpha value is -0.350. The molecule has 0 aromatic heterocycles. The van der Waals surface area contributed by atoms with Gasteiger partial charge in [0.1, 0.15) is 0 Å². The van der Waals surface area contributed by atoms with Gasteiger partial charge in [-0.1, -0.05) is 0 Å². The quantitative estimate of drug-likeness (QED) is 0.582. The summed E-state index contributed by atoms with van der Waals surface area (Å²) >= 11 is 4.83. The Kier molecular flexibility index (Phi) is 2.67. The third-order valence-electron chi connectivity index (χ3n) is 1.89. The van der Waals surface area contributed by atoms with Crippen molar-refractivity contribution in [3.8, 4) is 0 Å². The van der Waals surface area contributed by atoms with Crippen LogP contribution in [0.5, 0.6) is 0 Å². The van der Waals surface area contributed by atoms with Gasteiger partial charge in [-0.2, -0.15) is 0 Å². The van der Waals surface area contributed by atoms with Gasteiger partial charge in [0, 0.05) is 25.6 Å². The molecule has 3 nitrogen and oxygen atoms in total. The molecule has 1 aliphatic heterocycles. The minimum Gasteiger partial charge on any atom is -0.376 e.